The number of amides is 1. The van der Waals surface area contributed by atoms with Crippen molar-refractivity contribution in [1.82, 2.24) is 20.1 Å². The van der Waals surface area contributed by atoms with Gasteiger partial charge >= 0.3 is 0 Å². The third-order valence-corrected chi connectivity index (χ3v) is 5.03. The molecule has 0 radical (unpaired) electrons. The molecule has 7 nitrogen and oxygen atoms in total. The van der Waals surface area contributed by atoms with Crippen molar-refractivity contribution in [2.45, 2.75) is 38.7 Å². The Labute approximate surface area is 153 Å². The van der Waals surface area contributed by atoms with Crippen LogP contribution >= 0.6 is 0 Å². The summed E-state index contributed by atoms with van der Waals surface area (Å²) in [6.07, 6.45) is 2.65. The van der Waals surface area contributed by atoms with Gasteiger partial charge in [0.1, 0.15) is 17.9 Å². The molecule has 3 atom stereocenters. The number of hydrogen-bond donors (Lipinski definition) is 2. The highest BCUT2D eigenvalue weighted by molar-refractivity contribution is 5.77. The Morgan fingerprint density at radius 3 is 2.92 bits per heavy atom. The van der Waals surface area contributed by atoms with Crippen LogP contribution in [-0.4, -0.2) is 45.0 Å². The van der Waals surface area contributed by atoms with Gasteiger partial charge in [-0.25, -0.2) is 0 Å². The van der Waals surface area contributed by atoms with Crippen LogP contribution in [0.25, 0.3) is 0 Å². The Balaban J connectivity index is 1.47. The number of aliphatic hydroxyl groups excluding tert-OH is 1. The van der Waals surface area contributed by atoms with Gasteiger partial charge in [-0.3, -0.25) is 4.79 Å². The third kappa shape index (κ3) is 4.22. The van der Waals surface area contributed by atoms with Gasteiger partial charge in [0.25, 0.3) is 5.91 Å². The molecule has 2 N–H and O–H groups in total. The van der Waals surface area contributed by atoms with Gasteiger partial charge in [0.2, 0.25) is 0 Å². The van der Waals surface area contributed by atoms with E-state index in [-0.39, 0.29) is 24.3 Å². The van der Waals surface area contributed by atoms with Crippen LogP contribution < -0.4 is 10.1 Å². The number of nitrogens with one attached hydrogen (secondary N) is 1. The SMILES string of the molecule is Cc1ccc(C)c(OCC(=O)NC[C@H]2C[C@H](c3nncn3C)C[C@H]2O)c1. The number of benzene rings is 1. The number of aromatic nitrogens is 3. The summed E-state index contributed by atoms with van der Waals surface area (Å²) in [4.78, 5) is 12.1. The zero-order chi connectivity index (χ0) is 18.7. The molecule has 0 aliphatic heterocycles. The Morgan fingerprint density at radius 2 is 2.19 bits per heavy atom. The van der Waals surface area contributed by atoms with Crippen LogP contribution in [0.3, 0.4) is 0 Å². The van der Waals surface area contributed by atoms with Crippen molar-refractivity contribution in [2.75, 3.05) is 13.2 Å². The van der Waals surface area contributed by atoms with E-state index < -0.39 is 6.10 Å². The van der Waals surface area contributed by atoms with Crippen molar-refractivity contribution < 1.29 is 14.6 Å². The maximum atomic E-state index is 12.1. The molecule has 1 aliphatic carbocycles. The van der Waals surface area contributed by atoms with E-state index in [1.54, 1.807) is 6.33 Å². The summed E-state index contributed by atoms with van der Waals surface area (Å²) >= 11 is 0. The molecule has 1 aromatic carbocycles. The zero-order valence-corrected chi connectivity index (χ0v) is 15.5. The predicted octanol–water partition coefficient (Wildman–Crippen LogP) is 1.48. The molecule has 3 rings (SSSR count). The van der Waals surface area contributed by atoms with Crippen molar-refractivity contribution in [3.63, 3.8) is 0 Å². The van der Waals surface area contributed by atoms with Crippen LogP contribution in [0.2, 0.25) is 0 Å². The van der Waals surface area contributed by atoms with Crippen LogP contribution in [0.5, 0.6) is 5.75 Å². The number of carbonyl (C=O) groups is 1. The van der Waals surface area contributed by atoms with E-state index in [9.17, 15) is 9.90 Å². The summed E-state index contributed by atoms with van der Waals surface area (Å²) in [7, 11) is 1.90. The van der Waals surface area contributed by atoms with Gasteiger partial charge in [0, 0.05) is 25.4 Å². The first-order chi connectivity index (χ1) is 12.4. The van der Waals surface area contributed by atoms with Crippen molar-refractivity contribution in [3.8, 4) is 5.75 Å². The highest BCUT2D eigenvalue weighted by atomic mass is 16.5. The molecule has 1 aliphatic rings. The molecule has 0 spiro atoms. The summed E-state index contributed by atoms with van der Waals surface area (Å²) in [5.74, 6) is 1.62. The quantitative estimate of drug-likeness (QED) is 0.816. The van der Waals surface area contributed by atoms with Crippen molar-refractivity contribution >= 4 is 5.91 Å². The molecule has 140 valence electrons. The first-order valence-electron chi connectivity index (χ1n) is 8.92. The molecule has 7 heteroatoms. The maximum Gasteiger partial charge on any atom is 0.257 e. The highest BCUT2D eigenvalue weighted by Gasteiger charge is 2.35. The molecular weight excluding hydrogens is 332 g/mol. The minimum Gasteiger partial charge on any atom is -0.483 e. The Bertz CT molecular complexity index is 774. The second-order valence-corrected chi connectivity index (χ2v) is 7.16. The third-order valence-electron chi connectivity index (χ3n) is 5.03. The molecule has 0 unspecified atom stereocenters. The number of aryl methyl sites for hydroxylation is 3. The largest absolute Gasteiger partial charge is 0.483 e. The predicted molar refractivity (Wildman–Crippen MR) is 96.9 cm³/mol. The minimum absolute atomic E-state index is 0.0151. The summed E-state index contributed by atoms with van der Waals surface area (Å²) in [5, 5.41) is 21.2. The van der Waals surface area contributed by atoms with Gasteiger partial charge in [0.05, 0.1) is 6.10 Å². The van der Waals surface area contributed by atoms with Crippen LogP contribution in [0.4, 0.5) is 0 Å². The number of aliphatic hydroxyl groups is 1. The molecule has 1 aromatic heterocycles. The Morgan fingerprint density at radius 1 is 1.38 bits per heavy atom. The van der Waals surface area contributed by atoms with Crippen LogP contribution in [0.1, 0.15) is 35.7 Å². The van der Waals surface area contributed by atoms with Gasteiger partial charge in [0.15, 0.2) is 6.61 Å². The van der Waals surface area contributed by atoms with Gasteiger partial charge in [-0.05, 0) is 43.9 Å². The van der Waals surface area contributed by atoms with E-state index in [2.05, 4.69) is 15.5 Å². The van der Waals surface area contributed by atoms with Crippen molar-refractivity contribution in [1.29, 1.82) is 0 Å². The second kappa shape index (κ2) is 7.86. The molecule has 1 heterocycles. The molecule has 0 saturated heterocycles. The summed E-state index contributed by atoms with van der Waals surface area (Å²) in [6, 6.07) is 5.91. The fraction of sp³-hybridized carbons (Fsp3) is 0.526. The second-order valence-electron chi connectivity index (χ2n) is 7.16. The van der Waals surface area contributed by atoms with E-state index in [4.69, 9.17) is 4.74 Å². The van der Waals surface area contributed by atoms with Crippen LogP contribution in [0, 0.1) is 19.8 Å². The fourth-order valence-corrected chi connectivity index (χ4v) is 3.50. The lowest BCUT2D eigenvalue weighted by molar-refractivity contribution is -0.123. The standard InChI is InChI=1S/C19H26N4O3/c1-12-4-5-13(2)17(6-12)26-10-18(25)20-9-15-7-14(8-16(15)24)19-22-21-11-23(19)3/h4-6,11,14-16,24H,7-10H2,1-3H3,(H,20,25)/t14-,15+,16+/m0/s1. The first kappa shape index (κ1) is 18.4. The summed E-state index contributed by atoms with van der Waals surface area (Å²) in [6.45, 7) is 4.35. The van der Waals surface area contributed by atoms with Crippen LogP contribution in [0.15, 0.2) is 24.5 Å². The van der Waals surface area contributed by atoms with Gasteiger partial charge < -0.3 is 19.7 Å². The Hall–Kier alpha value is -2.41. The molecule has 1 fully saturated rings. The molecule has 1 amide bonds. The number of rotatable bonds is 6. The van der Waals surface area contributed by atoms with E-state index in [0.717, 1.165) is 29.1 Å². The normalized spacial score (nSPS) is 22.4. The van der Waals surface area contributed by atoms with Gasteiger partial charge in [-0.1, -0.05) is 12.1 Å². The first-order valence-corrected chi connectivity index (χ1v) is 8.92. The maximum absolute atomic E-state index is 12.1. The topological polar surface area (TPSA) is 89.3 Å². The number of ether oxygens (including phenoxy) is 1. The smallest absolute Gasteiger partial charge is 0.257 e. The van der Waals surface area contributed by atoms with Crippen LogP contribution in [-0.2, 0) is 11.8 Å². The van der Waals surface area contributed by atoms with Crippen molar-refractivity contribution in [3.05, 3.63) is 41.5 Å². The summed E-state index contributed by atoms with van der Waals surface area (Å²) in [5.41, 5.74) is 2.09. The number of nitrogens with zero attached hydrogens (tertiary/aromatic N) is 3. The van der Waals surface area contributed by atoms with Gasteiger partial charge in [-0.2, -0.15) is 0 Å². The lowest BCUT2D eigenvalue weighted by Gasteiger charge is -2.15. The van der Waals surface area contributed by atoms with Crippen molar-refractivity contribution in [2.24, 2.45) is 13.0 Å². The summed E-state index contributed by atoms with van der Waals surface area (Å²) < 4.78 is 7.51. The fourth-order valence-electron chi connectivity index (χ4n) is 3.50. The average Bonchev–Trinajstić information content (AvgIpc) is 3.19. The molecule has 0 bridgehead atoms. The highest BCUT2D eigenvalue weighted by Crippen LogP contribution is 2.37. The number of carbonyl (C=O) groups excluding carboxylic acids is 1. The average molecular weight is 358 g/mol. The molecule has 1 saturated carbocycles. The Kier molecular flexibility index (Phi) is 5.56. The monoisotopic (exact) mass is 358 g/mol. The lowest BCUT2D eigenvalue weighted by atomic mass is 10.0. The number of hydrogen-bond acceptors (Lipinski definition) is 5. The molecule has 26 heavy (non-hydrogen) atoms. The van der Waals surface area contributed by atoms with E-state index in [0.29, 0.717) is 13.0 Å². The zero-order valence-electron chi connectivity index (χ0n) is 15.5. The van der Waals surface area contributed by atoms with E-state index >= 15 is 0 Å². The molecular formula is C19H26N4O3. The minimum atomic E-state index is -0.447. The molecule has 2 aromatic rings. The van der Waals surface area contributed by atoms with E-state index in [1.165, 1.54) is 0 Å². The lowest BCUT2D eigenvalue weighted by Crippen LogP contribution is -2.35. The van der Waals surface area contributed by atoms with E-state index in [1.807, 2.05) is 43.7 Å². The van der Waals surface area contributed by atoms with Gasteiger partial charge in [-0.15, -0.1) is 10.2 Å².